The molecule has 0 saturated carbocycles. The van der Waals surface area contributed by atoms with Gasteiger partial charge in [-0.1, -0.05) is 0 Å². The molecule has 0 fully saturated rings. The Morgan fingerprint density at radius 3 is 2.89 bits per heavy atom. The van der Waals surface area contributed by atoms with Gasteiger partial charge in [0.1, 0.15) is 0 Å². The van der Waals surface area contributed by atoms with Crippen LogP contribution >= 0.6 is 0 Å². The fourth-order valence-corrected chi connectivity index (χ4v) is 0.323. The Hall–Kier alpha value is -1.08. The van der Waals surface area contributed by atoms with Gasteiger partial charge in [-0.25, -0.2) is 6.57 Å². The van der Waals surface area contributed by atoms with Crippen LogP contribution in [0.1, 0.15) is 0 Å². The number of aliphatic hydroxyl groups is 1. The molecule has 0 aromatic carbocycles. The molecule has 4 heteroatoms. The molecule has 2 N–H and O–H groups in total. The third kappa shape index (κ3) is 4.78. The second kappa shape index (κ2) is 5.06. The first kappa shape index (κ1) is 7.92. The largest absolute Gasteiger partial charge is 0.395 e. The fraction of sp³-hybridized carbons (Fsp3) is 0.600. The highest BCUT2D eigenvalue weighted by molar-refractivity contribution is 5.79. The van der Waals surface area contributed by atoms with Crippen LogP contribution in [0.4, 0.5) is 0 Å². The maximum Gasteiger partial charge on any atom is 0.300 e. The van der Waals surface area contributed by atoms with E-state index in [1.807, 2.05) is 0 Å². The molecule has 1 amide bonds. The Morgan fingerprint density at radius 2 is 2.44 bits per heavy atom. The van der Waals surface area contributed by atoms with Gasteiger partial charge in [0.05, 0.1) is 6.61 Å². The van der Waals surface area contributed by atoms with Gasteiger partial charge in [0.15, 0.2) is 0 Å². The van der Waals surface area contributed by atoms with E-state index < -0.39 is 0 Å². The number of nitrogens with zero attached hydrogens (tertiary/aromatic N) is 1. The quantitative estimate of drug-likeness (QED) is 0.480. The highest BCUT2D eigenvalue weighted by Gasteiger charge is 1.99. The van der Waals surface area contributed by atoms with Crippen molar-refractivity contribution in [3.63, 3.8) is 0 Å². The van der Waals surface area contributed by atoms with E-state index >= 15 is 0 Å². The van der Waals surface area contributed by atoms with Crippen LogP contribution in [0.3, 0.4) is 0 Å². The number of rotatable bonds is 3. The number of hydrogen-bond acceptors (Lipinski definition) is 2. The van der Waals surface area contributed by atoms with Gasteiger partial charge >= 0.3 is 0 Å². The topological polar surface area (TPSA) is 53.7 Å². The first-order chi connectivity index (χ1) is 4.31. The summed E-state index contributed by atoms with van der Waals surface area (Å²) in [6, 6.07) is 0. The van der Waals surface area contributed by atoms with E-state index in [0.717, 1.165) is 0 Å². The van der Waals surface area contributed by atoms with E-state index in [1.165, 1.54) is 0 Å². The summed E-state index contributed by atoms with van der Waals surface area (Å²) in [6.45, 7) is 6.27. The highest BCUT2D eigenvalue weighted by Crippen LogP contribution is 1.67. The average molecular weight is 128 g/mol. The minimum atomic E-state index is -0.334. The molecule has 0 radical (unpaired) electrons. The van der Waals surface area contributed by atoms with E-state index in [1.54, 1.807) is 0 Å². The fourth-order valence-electron chi connectivity index (χ4n) is 0.323. The number of amides is 1. The molecule has 0 aliphatic carbocycles. The molecule has 0 aliphatic heterocycles. The van der Waals surface area contributed by atoms with Crippen molar-refractivity contribution in [2.24, 2.45) is 0 Å². The summed E-state index contributed by atoms with van der Waals surface area (Å²) >= 11 is 0. The second-order valence-corrected chi connectivity index (χ2v) is 1.39. The van der Waals surface area contributed by atoms with E-state index in [9.17, 15) is 4.79 Å². The standard InChI is InChI=1S/C5H8N2O2/c1-6-4-5(9)7-2-3-8/h8H,2-4H2,(H,7,9). The van der Waals surface area contributed by atoms with Crippen LogP contribution in [0.2, 0.25) is 0 Å². The van der Waals surface area contributed by atoms with Crippen molar-refractivity contribution in [3.8, 4) is 0 Å². The molecule has 50 valence electrons. The molecular formula is C5H8N2O2. The highest BCUT2D eigenvalue weighted by atomic mass is 16.3. The summed E-state index contributed by atoms with van der Waals surface area (Å²) in [4.78, 5) is 13.2. The van der Waals surface area contributed by atoms with Crippen LogP contribution in [-0.4, -0.2) is 30.7 Å². The molecular weight excluding hydrogens is 120 g/mol. The molecule has 0 atom stereocenters. The second-order valence-electron chi connectivity index (χ2n) is 1.39. The van der Waals surface area contributed by atoms with Gasteiger partial charge in [-0.15, -0.1) is 0 Å². The van der Waals surface area contributed by atoms with Crippen LogP contribution in [0, 0.1) is 6.57 Å². The number of aliphatic hydroxyl groups excluding tert-OH is 1. The van der Waals surface area contributed by atoms with Crippen LogP contribution in [0.25, 0.3) is 4.85 Å². The smallest absolute Gasteiger partial charge is 0.300 e. The zero-order valence-electron chi connectivity index (χ0n) is 4.92. The van der Waals surface area contributed by atoms with E-state index in [4.69, 9.17) is 11.7 Å². The Labute approximate surface area is 53.3 Å². The lowest BCUT2D eigenvalue weighted by Crippen LogP contribution is -2.27. The maximum absolute atomic E-state index is 10.4. The molecule has 0 heterocycles. The number of carbonyl (C=O) groups excluding carboxylic acids is 1. The Balaban J connectivity index is 3.19. The lowest BCUT2D eigenvalue weighted by atomic mass is 10.5. The van der Waals surface area contributed by atoms with E-state index in [2.05, 4.69) is 10.2 Å². The average Bonchev–Trinajstić information content (AvgIpc) is 1.85. The Bertz CT molecular complexity index is 127. The molecule has 9 heavy (non-hydrogen) atoms. The van der Waals surface area contributed by atoms with Crippen LogP contribution in [0.5, 0.6) is 0 Å². The van der Waals surface area contributed by atoms with Gasteiger partial charge in [-0.2, -0.15) is 0 Å². The van der Waals surface area contributed by atoms with Crippen molar-refractivity contribution < 1.29 is 9.90 Å². The van der Waals surface area contributed by atoms with Gasteiger partial charge in [0.2, 0.25) is 0 Å². The zero-order chi connectivity index (χ0) is 7.11. The molecule has 0 aromatic heterocycles. The van der Waals surface area contributed by atoms with Crippen LogP contribution < -0.4 is 5.32 Å². The Kier molecular flexibility index (Phi) is 4.46. The van der Waals surface area contributed by atoms with Crippen molar-refractivity contribution >= 4 is 5.91 Å². The van der Waals surface area contributed by atoms with Crippen molar-refractivity contribution in [2.75, 3.05) is 19.7 Å². The molecule has 0 aliphatic rings. The molecule has 0 saturated heterocycles. The first-order valence-corrected chi connectivity index (χ1v) is 2.52. The van der Waals surface area contributed by atoms with Gasteiger partial charge in [-0.05, 0) is 0 Å². The van der Waals surface area contributed by atoms with Crippen molar-refractivity contribution in [3.05, 3.63) is 11.4 Å². The molecule has 0 aromatic rings. The number of nitrogens with one attached hydrogen (secondary N) is 1. The minimum absolute atomic E-state index is 0.0796. The molecule has 0 spiro atoms. The van der Waals surface area contributed by atoms with Crippen molar-refractivity contribution in [1.29, 1.82) is 0 Å². The molecule has 4 nitrogen and oxygen atoms in total. The molecule has 0 unspecified atom stereocenters. The van der Waals surface area contributed by atoms with Gasteiger partial charge in [-0.3, -0.25) is 4.79 Å². The van der Waals surface area contributed by atoms with Gasteiger partial charge < -0.3 is 15.3 Å². The van der Waals surface area contributed by atoms with Crippen LogP contribution in [-0.2, 0) is 4.79 Å². The predicted molar refractivity (Wildman–Crippen MR) is 31.6 cm³/mol. The third-order valence-electron chi connectivity index (χ3n) is 0.657. The molecule has 0 bridgehead atoms. The molecule has 0 rings (SSSR count). The van der Waals surface area contributed by atoms with Gasteiger partial charge in [0.25, 0.3) is 12.5 Å². The summed E-state index contributed by atoms with van der Waals surface area (Å²) < 4.78 is 0. The predicted octanol–water partition coefficient (Wildman–Crippen LogP) is -0.986. The number of hydrogen-bond donors (Lipinski definition) is 2. The van der Waals surface area contributed by atoms with Crippen LogP contribution in [0.15, 0.2) is 0 Å². The van der Waals surface area contributed by atoms with Gasteiger partial charge in [0, 0.05) is 6.54 Å². The summed E-state index contributed by atoms with van der Waals surface area (Å²) in [7, 11) is 0. The number of carbonyl (C=O) groups is 1. The zero-order valence-corrected chi connectivity index (χ0v) is 4.92. The lowest BCUT2D eigenvalue weighted by molar-refractivity contribution is -0.119. The summed E-state index contributed by atoms with van der Waals surface area (Å²) in [5.41, 5.74) is 0. The minimum Gasteiger partial charge on any atom is -0.395 e. The normalized spacial score (nSPS) is 8.00. The summed E-state index contributed by atoms with van der Waals surface area (Å²) in [6.07, 6.45) is 0. The Morgan fingerprint density at radius 1 is 1.78 bits per heavy atom. The maximum atomic E-state index is 10.4. The van der Waals surface area contributed by atoms with Crippen molar-refractivity contribution in [1.82, 2.24) is 5.32 Å². The SMILES string of the molecule is [C-]#[N+]CC(=O)NCCO. The third-order valence-corrected chi connectivity index (χ3v) is 0.657. The summed E-state index contributed by atoms with van der Waals surface area (Å²) in [5, 5.41) is 10.5. The first-order valence-electron chi connectivity index (χ1n) is 2.52. The van der Waals surface area contributed by atoms with Crippen molar-refractivity contribution in [2.45, 2.75) is 0 Å². The van der Waals surface area contributed by atoms with E-state index in [0.29, 0.717) is 0 Å². The monoisotopic (exact) mass is 128 g/mol. The van der Waals surface area contributed by atoms with E-state index in [-0.39, 0.29) is 25.6 Å². The summed E-state index contributed by atoms with van der Waals surface area (Å²) in [5.74, 6) is -0.334. The lowest BCUT2D eigenvalue weighted by Gasteiger charge is -1.94.